The van der Waals surface area contributed by atoms with Crippen LogP contribution < -0.4 is 20.3 Å². The minimum Gasteiger partial charge on any atom is -0.493 e. The van der Waals surface area contributed by atoms with Crippen molar-refractivity contribution in [3.63, 3.8) is 0 Å². The number of nitrogens with one attached hydrogen (secondary N) is 2. The minimum atomic E-state index is -3.57. The second-order valence-electron chi connectivity index (χ2n) is 6.42. The molecule has 0 aliphatic heterocycles. The summed E-state index contributed by atoms with van der Waals surface area (Å²) in [4.78, 5) is 24.3. The average molecular weight is 420 g/mol. The predicted molar refractivity (Wildman–Crippen MR) is 107 cm³/mol. The first-order valence-electron chi connectivity index (χ1n) is 8.94. The van der Waals surface area contributed by atoms with Crippen molar-refractivity contribution in [2.75, 3.05) is 12.9 Å². The molecule has 0 saturated carbocycles. The summed E-state index contributed by atoms with van der Waals surface area (Å²) < 4.78 is 35.2. The third kappa shape index (κ3) is 6.49. The highest BCUT2D eigenvalue weighted by Crippen LogP contribution is 2.28. The first kappa shape index (κ1) is 22.2. The van der Waals surface area contributed by atoms with E-state index in [1.54, 1.807) is 24.3 Å². The van der Waals surface area contributed by atoms with Crippen molar-refractivity contribution in [1.29, 1.82) is 0 Å². The van der Waals surface area contributed by atoms with E-state index in [4.69, 9.17) is 9.47 Å². The van der Waals surface area contributed by atoms with E-state index in [1.807, 2.05) is 13.8 Å². The second kappa shape index (κ2) is 9.92. The highest BCUT2D eigenvalue weighted by Gasteiger charge is 2.17. The van der Waals surface area contributed by atoms with E-state index in [0.29, 0.717) is 11.5 Å². The summed E-state index contributed by atoms with van der Waals surface area (Å²) in [7, 11) is -2.12. The van der Waals surface area contributed by atoms with Gasteiger partial charge in [-0.1, -0.05) is 18.2 Å². The van der Waals surface area contributed by atoms with Crippen LogP contribution in [-0.2, 0) is 14.6 Å². The van der Waals surface area contributed by atoms with Gasteiger partial charge in [-0.25, -0.2) is 8.42 Å². The van der Waals surface area contributed by atoms with Gasteiger partial charge in [0.1, 0.15) is 0 Å². The van der Waals surface area contributed by atoms with Crippen molar-refractivity contribution in [2.45, 2.75) is 31.3 Å². The van der Waals surface area contributed by atoms with E-state index in [1.165, 1.54) is 31.4 Å². The van der Waals surface area contributed by atoms with E-state index >= 15 is 0 Å². The zero-order valence-corrected chi connectivity index (χ0v) is 17.3. The molecule has 0 radical (unpaired) electrons. The van der Waals surface area contributed by atoms with Gasteiger partial charge in [-0.15, -0.1) is 0 Å². The number of carbonyl (C=O) groups excluding carboxylic acids is 2. The highest BCUT2D eigenvalue weighted by atomic mass is 32.2. The van der Waals surface area contributed by atoms with Crippen LogP contribution in [0.25, 0.3) is 0 Å². The number of amides is 2. The Morgan fingerprint density at radius 3 is 2.31 bits per heavy atom. The molecule has 2 aromatic carbocycles. The fourth-order valence-corrected chi connectivity index (χ4v) is 3.66. The maximum absolute atomic E-state index is 12.2. The molecule has 9 heteroatoms. The lowest BCUT2D eigenvalue weighted by molar-refractivity contribution is -0.121. The minimum absolute atomic E-state index is 0.0602. The molecule has 2 aromatic rings. The van der Waals surface area contributed by atoms with Gasteiger partial charge in [0.15, 0.2) is 21.3 Å². The molecular formula is C20H24N2O6S. The van der Waals surface area contributed by atoms with Crippen LogP contribution in [0.2, 0.25) is 0 Å². The Kier molecular flexibility index (Phi) is 7.60. The molecule has 2 amide bonds. The zero-order chi connectivity index (χ0) is 21.4. The average Bonchev–Trinajstić information content (AvgIpc) is 2.71. The van der Waals surface area contributed by atoms with Gasteiger partial charge in [0.05, 0.1) is 23.9 Å². The number of methoxy groups -OCH3 is 1. The van der Waals surface area contributed by atoms with Crippen LogP contribution in [0.3, 0.4) is 0 Å². The second-order valence-corrected chi connectivity index (χ2v) is 8.53. The van der Waals surface area contributed by atoms with Crippen molar-refractivity contribution in [2.24, 2.45) is 0 Å². The number of rotatable bonds is 8. The van der Waals surface area contributed by atoms with Gasteiger partial charge in [-0.05, 0) is 44.2 Å². The Hall–Kier alpha value is -3.07. The molecule has 0 atom stereocenters. The summed E-state index contributed by atoms with van der Waals surface area (Å²) in [6.45, 7) is 3.74. The van der Waals surface area contributed by atoms with Crippen LogP contribution in [0.15, 0.2) is 53.4 Å². The molecule has 29 heavy (non-hydrogen) atoms. The maximum Gasteiger partial charge on any atom is 0.269 e. The third-order valence-electron chi connectivity index (χ3n) is 3.80. The fourth-order valence-electron chi connectivity index (χ4n) is 2.39. The van der Waals surface area contributed by atoms with Gasteiger partial charge in [0.2, 0.25) is 5.91 Å². The summed E-state index contributed by atoms with van der Waals surface area (Å²) in [6, 6.07) is 12.5. The summed E-state index contributed by atoms with van der Waals surface area (Å²) in [5.74, 6) is -0.683. The quantitative estimate of drug-likeness (QED) is 0.633. The van der Waals surface area contributed by atoms with Gasteiger partial charge >= 0.3 is 0 Å². The third-order valence-corrected chi connectivity index (χ3v) is 5.54. The molecule has 0 fully saturated rings. The monoisotopic (exact) mass is 420 g/mol. The van der Waals surface area contributed by atoms with E-state index in [0.717, 1.165) is 0 Å². The largest absolute Gasteiger partial charge is 0.493 e. The van der Waals surface area contributed by atoms with E-state index in [-0.39, 0.29) is 28.7 Å². The Morgan fingerprint density at radius 2 is 1.69 bits per heavy atom. The van der Waals surface area contributed by atoms with E-state index < -0.39 is 21.7 Å². The molecule has 0 bridgehead atoms. The van der Waals surface area contributed by atoms with Crippen molar-refractivity contribution >= 4 is 21.7 Å². The van der Waals surface area contributed by atoms with Crippen molar-refractivity contribution in [3.05, 3.63) is 54.1 Å². The Bertz CT molecular complexity index is 958. The first-order chi connectivity index (χ1) is 13.7. The normalized spacial score (nSPS) is 11.0. The van der Waals surface area contributed by atoms with Gasteiger partial charge in [0.25, 0.3) is 5.91 Å². The molecule has 2 rings (SSSR count). The smallest absolute Gasteiger partial charge is 0.269 e. The Morgan fingerprint density at radius 1 is 1.00 bits per heavy atom. The molecule has 0 unspecified atom stereocenters. The first-order valence-corrected chi connectivity index (χ1v) is 10.6. The molecule has 0 saturated heterocycles. The maximum atomic E-state index is 12.2. The SMILES string of the molecule is COc1cc(C(=O)NNC(=O)CCS(=O)(=O)c2ccccc2)ccc1OC(C)C. The number of ether oxygens (including phenoxy) is 2. The summed E-state index contributed by atoms with van der Waals surface area (Å²) in [5, 5.41) is 0. The van der Waals surface area contributed by atoms with Crippen LogP contribution in [0.1, 0.15) is 30.6 Å². The molecule has 156 valence electrons. The molecule has 2 N–H and O–H groups in total. The van der Waals surface area contributed by atoms with Crippen LogP contribution in [-0.4, -0.2) is 39.2 Å². The predicted octanol–water partition coefficient (Wildman–Crippen LogP) is 2.11. The highest BCUT2D eigenvalue weighted by molar-refractivity contribution is 7.91. The lowest BCUT2D eigenvalue weighted by Gasteiger charge is -2.14. The Balaban J connectivity index is 1.91. The standard InChI is InChI=1S/C20H24N2O6S/c1-14(2)28-17-10-9-15(13-18(17)27-3)20(24)22-21-19(23)11-12-29(25,26)16-7-5-4-6-8-16/h4-10,13-14H,11-12H2,1-3H3,(H,21,23)(H,22,24). The summed E-state index contributed by atoms with van der Waals surface area (Å²) in [5.41, 5.74) is 4.72. The van der Waals surface area contributed by atoms with Crippen LogP contribution in [0.5, 0.6) is 11.5 Å². The van der Waals surface area contributed by atoms with Gasteiger partial charge in [0, 0.05) is 12.0 Å². The molecule has 0 aliphatic carbocycles. The fraction of sp³-hybridized carbons (Fsp3) is 0.300. The van der Waals surface area contributed by atoms with Crippen molar-refractivity contribution in [1.82, 2.24) is 10.9 Å². The van der Waals surface area contributed by atoms with E-state index in [2.05, 4.69) is 10.9 Å². The van der Waals surface area contributed by atoms with Crippen LogP contribution >= 0.6 is 0 Å². The van der Waals surface area contributed by atoms with Gasteiger partial charge in [-0.2, -0.15) is 0 Å². The van der Waals surface area contributed by atoms with E-state index in [9.17, 15) is 18.0 Å². The van der Waals surface area contributed by atoms with Crippen molar-refractivity contribution < 1.29 is 27.5 Å². The topological polar surface area (TPSA) is 111 Å². The van der Waals surface area contributed by atoms with Gasteiger partial charge in [-0.3, -0.25) is 20.4 Å². The molecule has 0 spiro atoms. The lowest BCUT2D eigenvalue weighted by Crippen LogP contribution is -2.42. The molecular weight excluding hydrogens is 396 g/mol. The molecule has 8 nitrogen and oxygen atoms in total. The lowest BCUT2D eigenvalue weighted by atomic mass is 10.2. The number of hydrazine groups is 1. The number of sulfone groups is 1. The number of benzene rings is 2. The number of hydrogen-bond acceptors (Lipinski definition) is 6. The molecule has 0 heterocycles. The number of hydrogen-bond donors (Lipinski definition) is 2. The molecule has 0 aliphatic rings. The number of carbonyl (C=O) groups is 2. The van der Waals surface area contributed by atoms with Crippen LogP contribution in [0, 0.1) is 0 Å². The van der Waals surface area contributed by atoms with Crippen LogP contribution in [0.4, 0.5) is 0 Å². The van der Waals surface area contributed by atoms with Crippen molar-refractivity contribution in [3.8, 4) is 11.5 Å². The molecule has 0 aromatic heterocycles. The van der Waals surface area contributed by atoms with Gasteiger partial charge < -0.3 is 9.47 Å². The Labute approximate surface area is 170 Å². The summed E-state index contributed by atoms with van der Waals surface area (Å²) in [6.07, 6.45) is -0.350. The summed E-state index contributed by atoms with van der Waals surface area (Å²) >= 11 is 0. The zero-order valence-electron chi connectivity index (χ0n) is 16.5.